The van der Waals surface area contributed by atoms with Gasteiger partial charge in [0.15, 0.2) is 0 Å². The van der Waals surface area contributed by atoms with Gasteiger partial charge in [-0.05, 0) is 92.8 Å². The number of fused-ring (bicyclic) bond motifs is 2. The lowest BCUT2D eigenvalue weighted by molar-refractivity contribution is 0.0936. The van der Waals surface area contributed by atoms with Gasteiger partial charge in [0.1, 0.15) is 23.1 Å². The quantitative estimate of drug-likeness (QED) is 0.255. The Bertz CT molecular complexity index is 1760. The summed E-state index contributed by atoms with van der Waals surface area (Å²) in [6, 6.07) is 12.1. The van der Waals surface area contributed by atoms with Crippen molar-refractivity contribution < 1.29 is 14.3 Å². The van der Waals surface area contributed by atoms with Crippen LogP contribution in [0.25, 0.3) is 0 Å². The second-order valence-electron chi connectivity index (χ2n) is 12.7. The van der Waals surface area contributed by atoms with Crippen LogP contribution in [-0.4, -0.2) is 53.0 Å². The first-order chi connectivity index (χ1) is 21.8. The Morgan fingerprint density at radius 3 is 2.53 bits per heavy atom. The van der Waals surface area contributed by atoms with E-state index < -0.39 is 0 Å². The van der Waals surface area contributed by atoms with Gasteiger partial charge in [-0.2, -0.15) is 5.10 Å². The van der Waals surface area contributed by atoms with Crippen LogP contribution in [0.4, 0.5) is 11.6 Å². The van der Waals surface area contributed by atoms with Crippen LogP contribution in [0.15, 0.2) is 42.6 Å². The molecule has 0 spiro atoms. The number of amides is 1. The van der Waals surface area contributed by atoms with Gasteiger partial charge in [-0.15, -0.1) is 0 Å². The number of methoxy groups -OCH3 is 2. The Morgan fingerprint density at radius 2 is 1.78 bits per heavy atom. The number of nitrogens with one attached hydrogen (secondary N) is 2. The topological polar surface area (TPSA) is 106 Å². The van der Waals surface area contributed by atoms with Gasteiger partial charge in [-0.25, -0.2) is 9.97 Å². The van der Waals surface area contributed by atoms with Crippen LogP contribution in [0.5, 0.6) is 11.5 Å². The molecule has 1 saturated carbocycles. The molecule has 3 aliphatic rings. The van der Waals surface area contributed by atoms with Crippen LogP contribution in [0.1, 0.15) is 68.6 Å². The van der Waals surface area contributed by atoms with E-state index in [1.165, 1.54) is 6.42 Å². The Morgan fingerprint density at radius 1 is 0.978 bits per heavy atom. The standard InChI is InChI=1S/C35H41N7O3/c1-20-12-29-28(34(37-20)36-15-23-6-8-27(44-4)14-32(23)45-5)9-10-31(29)39-35(43)30-19-42(40-22(30)3)18-24-7-11-33(38-21(24)2)41-16-25-13-26(25)17-41/h6-8,11-12,14,19,25-26,31H,9-10,13,15-18H2,1-5H3,(H,36,37)(H,39,43)/t25?,26?,31-/m1/s1. The predicted molar refractivity (Wildman–Crippen MR) is 173 cm³/mol. The molecule has 10 nitrogen and oxygen atoms in total. The average molecular weight is 608 g/mol. The fourth-order valence-electron chi connectivity index (χ4n) is 6.95. The van der Waals surface area contributed by atoms with Crippen molar-refractivity contribution in [1.82, 2.24) is 25.1 Å². The maximum atomic E-state index is 13.6. The zero-order chi connectivity index (χ0) is 31.2. The number of anilines is 2. The fraction of sp³-hybridized carbons (Fsp3) is 0.429. The van der Waals surface area contributed by atoms with Crippen molar-refractivity contribution in [1.29, 1.82) is 0 Å². The van der Waals surface area contributed by atoms with Gasteiger partial charge in [0.2, 0.25) is 0 Å². The van der Waals surface area contributed by atoms with E-state index in [1.54, 1.807) is 14.2 Å². The molecule has 3 atom stereocenters. The molecule has 0 radical (unpaired) electrons. The summed E-state index contributed by atoms with van der Waals surface area (Å²) in [6.45, 7) is 9.33. The van der Waals surface area contributed by atoms with E-state index in [1.807, 2.05) is 42.9 Å². The van der Waals surface area contributed by atoms with Gasteiger partial charge >= 0.3 is 0 Å². The Labute approximate surface area is 264 Å². The zero-order valence-electron chi connectivity index (χ0n) is 26.7. The molecule has 1 amide bonds. The highest BCUT2D eigenvalue weighted by atomic mass is 16.5. The first-order valence-electron chi connectivity index (χ1n) is 15.8. The minimum absolute atomic E-state index is 0.0939. The maximum Gasteiger partial charge on any atom is 0.255 e. The van der Waals surface area contributed by atoms with Gasteiger partial charge in [0.05, 0.1) is 38.1 Å². The number of aryl methyl sites for hydroxylation is 3. The molecule has 10 heteroatoms. The average Bonchev–Trinajstić information content (AvgIpc) is 3.31. The van der Waals surface area contributed by atoms with Gasteiger partial charge < -0.3 is 25.0 Å². The summed E-state index contributed by atoms with van der Waals surface area (Å²) in [6.07, 6.45) is 4.88. The van der Waals surface area contributed by atoms with Crippen molar-refractivity contribution in [3.05, 3.63) is 87.5 Å². The number of ether oxygens (including phenoxy) is 2. The van der Waals surface area contributed by atoms with Crippen molar-refractivity contribution in [2.45, 2.75) is 59.2 Å². The molecule has 2 fully saturated rings. The molecule has 45 heavy (non-hydrogen) atoms. The zero-order valence-corrected chi connectivity index (χ0v) is 26.7. The molecule has 3 aromatic heterocycles. The van der Waals surface area contributed by atoms with E-state index in [2.05, 4.69) is 45.8 Å². The second kappa shape index (κ2) is 11.7. The second-order valence-corrected chi connectivity index (χ2v) is 12.7. The van der Waals surface area contributed by atoms with E-state index >= 15 is 0 Å². The molecule has 2 unspecified atom stereocenters. The molecule has 7 rings (SSSR count). The van der Waals surface area contributed by atoms with Crippen molar-refractivity contribution in [3.8, 4) is 11.5 Å². The van der Waals surface area contributed by atoms with Gasteiger partial charge in [-0.1, -0.05) is 6.07 Å². The summed E-state index contributed by atoms with van der Waals surface area (Å²) in [7, 11) is 3.30. The minimum atomic E-state index is -0.110. The minimum Gasteiger partial charge on any atom is -0.497 e. The number of aromatic nitrogens is 4. The molecule has 1 aliphatic heterocycles. The summed E-state index contributed by atoms with van der Waals surface area (Å²) in [5, 5.41) is 11.5. The normalized spacial score (nSPS) is 19.7. The molecule has 4 aromatic rings. The number of pyridine rings is 2. The molecule has 4 heterocycles. The summed E-state index contributed by atoms with van der Waals surface area (Å²) in [5.41, 5.74) is 7.59. The monoisotopic (exact) mass is 607 g/mol. The summed E-state index contributed by atoms with van der Waals surface area (Å²) >= 11 is 0. The van der Waals surface area contributed by atoms with Crippen molar-refractivity contribution in [2.24, 2.45) is 11.8 Å². The molecule has 1 saturated heterocycles. The first-order valence-corrected chi connectivity index (χ1v) is 15.8. The summed E-state index contributed by atoms with van der Waals surface area (Å²) < 4.78 is 12.8. The number of rotatable bonds is 10. The highest BCUT2D eigenvalue weighted by Crippen LogP contribution is 2.46. The summed E-state index contributed by atoms with van der Waals surface area (Å²) in [4.78, 5) is 25.7. The number of benzene rings is 1. The van der Waals surface area contributed by atoms with E-state index in [0.717, 1.165) is 94.5 Å². The Balaban J connectivity index is 1.02. The van der Waals surface area contributed by atoms with Crippen LogP contribution < -0.4 is 25.0 Å². The van der Waals surface area contributed by atoms with Crippen molar-refractivity contribution >= 4 is 17.5 Å². The predicted octanol–water partition coefficient (Wildman–Crippen LogP) is 5.15. The Hall–Kier alpha value is -4.60. The molecule has 0 bridgehead atoms. The van der Waals surface area contributed by atoms with Gasteiger partial charge in [0, 0.05) is 48.8 Å². The third-order valence-corrected chi connectivity index (χ3v) is 9.60. The van der Waals surface area contributed by atoms with Crippen LogP contribution in [0, 0.1) is 32.6 Å². The maximum absolute atomic E-state index is 13.6. The largest absolute Gasteiger partial charge is 0.497 e. The van der Waals surface area contributed by atoms with E-state index in [0.29, 0.717) is 24.3 Å². The molecule has 2 N–H and O–H groups in total. The number of carbonyl (C=O) groups excluding carboxylic acids is 1. The number of hydrogen-bond acceptors (Lipinski definition) is 8. The van der Waals surface area contributed by atoms with E-state index in [4.69, 9.17) is 19.4 Å². The van der Waals surface area contributed by atoms with Crippen LogP contribution in [-0.2, 0) is 19.5 Å². The van der Waals surface area contributed by atoms with Crippen molar-refractivity contribution in [2.75, 3.05) is 37.5 Å². The van der Waals surface area contributed by atoms with Gasteiger partial charge in [0.25, 0.3) is 5.91 Å². The molecule has 1 aromatic carbocycles. The number of nitrogens with zero attached hydrogens (tertiary/aromatic N) is 5. The Kier molecular flexibility index (Phi) is 7.59. The van der Waals surface area contributed by atoms with Crippen LogP contribution >= 0.6 is 0 Å². The van der Waals surface area contributed by atoms with Crippen LogP contribution in [0.3, 0.4) is 0 Å². The van der Waals surface area contributed by atoms with E-state index in [-0.39, 0.29) is 11.9 Å². The molecular formula is C35H41N7O3. The SMILES string of the molecule is COc1ccc(CNc2nc(C)cc3c2CC[C@H]3NC(=O)c2cn(Cc3ccc(N4CC5CC5C4)nc3C)nc2C)c(OC)c1. The lowest BCUT2D eigenvalue weighted by Gasteiger charge is -2.20. The highest BCUT2D eigenvalue weighted by Gasteiger charge is 2.45. The highest BCUT2D eigenvalue weighted by molar-refractivity contribution is 5.95. The fourth-order valence-corrected chi connectivity index (χ4v) is 6.95. The molecular weight excluding hydrogens is 566 g/mol. The number of carbonyl (C=O) groups is 1. The smallest absolute Gasteiger partial charge is 0.255 e. The van der Waals surface area contributed by atoms with Gasteiger partial charge in [-0.3, -0.25) is 9.48 Å². The number of piperidine rings is 1. The van der Waals surface area contributed by atoms with Crippen LogP contribution in [0.2, 0.25) is 0 Å². The van der Waals surface area contributed by atoms with Crippen molar-refractivity contribution in [3.63, 3.8) is 0 Å². The lowest BCUT2D eigenvalue weighted by Crippen LogP contribution is -2.27. The summed E-state index contributed by atoms with van der Waals surface area (Å²) in [5.74, 6) is 5.06. The first kappa shape index (κ1) is 29.1. The lowest BCUT2D eigenvalue weighted by atomic mass is 10.1. The molecule has 2 aliphatic carbocycles. The third kappa shape index (κ3) is 5.81. The molecule has 234 valence electrons. The van der Waals surface area contributed by atoms with E-state index in [9.17, 15) is 4.79 Å². The number of hydrogen-bond donors (Lipinski definition) is 2. The third-order valence-electron chi connectivity index (χ3n) is 9.60.